The molecule has 1 fully saturated rings. The Bertz CT molecular complexity index is 505. The molecule has 1 aliphatic rings. The zero-order valence-electron chi connectivity index (χ0n) is 13.0. The van der Waals surface area contributed by atoms with Gasteiger partial charge in [-0.1, -0.05) is 30.3 Å². The Morgan fingerprint density at radius 2 is 2.14 bits per heavy atom. The van der Waals surface area contributed by atoms with Gasteiger partial charge in [0.15, 0.2) is 0 Å². The van der Waals surface area contributed by atoms with Crippen molar-refractivity contribution in [2.24, 2.45) is 0 Å². The molecule has 1 unspecified atom stereocenters. The first-order valence-corrected chi connectivity index (χ1v) is 7.58. The minimum absolute atomic E-state index is 0.134. The van der Waals surface area contributed by atoms with E-state index in [-0.39, 0.29) is 18.0 Å². The standard InChI is InChI=1S/C16H23N3O3/c1-12(2)22-11-9-18-16(21)19-10-8-17-15(20)14(19)13-6-4-3-5-7-13/h3-7,12,14H,8-11H2,1-2H3,(H,17,20)(H,18,21). The third-order valence-electron chi connectivity index (χ3n) is 3.42. The van der Waals surface area contributed by atoms with Crippen LogP contribution in [-0.4, -0.2) is 49.2 Å². The summed E-state index contributed by atoms with van der Waals surface area (Å²) in [6, 6.07) is 8.51. The lowest BCUT2D eigenvalue weighted by Gasteiger charge is -2.35. The number of carbonyl (C=O) groups is 2. The molecule has 1 atom stereocenters. The number of nitrogens with one attached hydrogen (secondary N) is 2. The first-order valence-electron chi connectivity index (χ1n) is 7.58. The average molecular weight is 305 g/mol. The highest BCUT2D eigenvalue weighted by Gasteiger charge is 2.34. The molecule has 0 spiro atoms. The van der Waals surface area contributed by atoms with Gasteiger partial charge in [0.05, 0.1) is 12.7 Å². The van der Waals surface area contributed by atoms with E-state index < -0.39 is 6.04 Å². The molecular weight excluding hydrogens is 282 g/mol. The summed E-state index contributed by atoms with van der Waals surface area (Å²) >= 11 is 0. The molecule has 0 saturated carbocycles. The molecule has 0 bridgehead atoms. The van der Waals surface area contributed by atoms with Crippen molar-refractivity contribution >= 4 is 11.9 Å². The first kappa shape index (κ1) is 16.3. The summed E-state index contributed by atoms with van der Waals surface area (Å²) in [4.78, 5) is 26.1. The number of piperazine rings is 1. The molecule has 0 aromatic heterocycles. The Kier molecular flexibility index (Phi) is 5.77. The number of rotatable bonds is 5. The lowest BCUT2D eigenvalue weighted by atomic mass is 10.0. The Labute approximate surface area is 130 Å². The number of nitrogens with zero attached hydrogens (tertiary/aromatic N) is 1. The molecule has 1 aromatic rings. The number of carbonyl (C=O) groups excluding carboxylic acids is 2. The van der Waals surface area contributed by atoms with E-state index in [0.717, 1.165) is 5.56 Å². The van der Waals surface area contributed by atoms with Gasteiger partial charge in [0.25, 0.3) is 0 Å². The van der Waals surface area contributed by atoms with Gasteiger partial charge in [-0.15, -0.1) is 0 Å². The lowest BCUT2D eigenvalue weighted by Crippen LogP contribution is -2.55. The fourth-order valence-corrected chi connectivity index (χ4v) is 2.41. The first-order chi connectivity index (χ1) is 10.6. The Hall–Kier alpha value is -2.08. The second-order valence-corrected chi connectivity index (χ2v) is 5.45. The zero-order valence-corrected chi connectivity index (χ0v) is 13.0. The number of amides is 3. The third kappa shape index (κ3) is 4.21. The van der Waals surface area contributed by atoms with Crippen LogP contribution in [0.15, 0.2) is 30.3 Å². The molecule has 6 nitrogen and oxygen atoms in total. The third-order valence-corrected chi connectivity index (χ3v) is 3.42. The van der Waals surface area contributed by atoms with Gasteiger partial charge in [0.1, 0.15) is 6.04 Å². The highest BCUT2D eigenvalue weighted by atomic mass is 16.5. The SMILES string of the molecule is CC(C)OCCNC(=O)N1CCNC(=O)C1c1ccccc1. The van der Waals surface area contributed by atoms with Crippen LogP contribution in [0.2, 0.25) is 0 Å². The van der Waals surface area contributed by atoms with Crippen molar-refractivity contribution in [2.45, 2.75) is 26.0 Å². The van der Waals surface area contributed by atoms with Crippen LogP contribution in [0.4, 0.5) is 4.79 Å². The van der Waals surface area contributed by atoms with Crippen molar-refractivity contribution in [1.29, 1.82) is 0 Å². The summed E-state index contributed by atoms with van der Waals surface area (Å²) < 4.78 is 5.40. The molecule has 1 saturated heterocycles. The van der Waals surface area contributed by atoms with Crippen LogP contribution in [0, 0.1) is 0 Å². The number of benzene rings is 1. The predicted molar refractivity (Wildman–Crippen MR) is 83.4 cm³/mol. The molecule has 2 N–H and O–H groups in total. The van der Waals surface area contributed by atoms with Crippen LogP contribution in [0.1, 0.15) is 25.5 Å². The minimum Gasteiger partial charge on any atom is -0.377 e. The normalized spacial score (nSPS) is 18.2. The maximum Gasteiger partial charge on any atom is 0.318 e. The number of hydrogen-bond donors (Lipinski definition) is 2. The molecule has 1 heterocycles. The van der Waals surface area contributed by atoms with Crippen molar-refractivity contribution in [3.63, 3.8) is 0 Å². The molecular formula is C16H23N3O3. The van der Waals surface area contributed by atoms with E-state index in [4.69, 9.17) is 4.74 Å². The van der Waals surface area contributed by atoms with E-state index in [9.17, 15) is 9.59 Å². The van der Waals surface area contributed by atoms with Gasteiger partial charge in [-0.3, -0.25) is 4.79 Å². The zero-order chi connectivity index (χ0) is 15.9. The summed E-state index contributed by atoms with van der Waals surface area (Å²) in [7, 11) is 0. The number of hydrogen-bond acceptors (Lipinski definition) is 3. The second kappa shape index (κ2) is 7.79. The van der Waals surface area contributed by atoms with Crippen LogP contribution >= 0.6 is 0 Å². The van der Waals surface area contributed by atoms with E-state index in [1.54, 1.807) is 4.90 Å². The Morgan fingerprint density at radius 3 is 2.82 bits per heavy atom. The van der Waals surface area contributed by atoms with Gasteiger partial charge in [0, 0.05) is 19.6 Å². The summed E-state index contributed by atoms with van der Waals surface area (Å²) in [6.45, 7) is 5.74. The summed E-state index contributed by atoms with van der Waals surface area (Å²) in [5.41, 5.74) is 0.813. The van der Waals surface area contributed by atoms with Gasteiger partial charge >= 0.3 is 6.03 Å². The van der Waals surface area contributed by atoms with Gasteiger partial charge < -0.3 is 20.3 Å². The summed E-state index contributed by atoms with van der Waals surface area (Å²) in [6.07, 6.45) is 0.134. The topological polar surface area (TPSA) is 70.7 Å². The maximum atomic E-state index is 12.4. The van der Waals surface area contributed by atoms with Crippen molar-refractivity contribution in [2.75, 3.05) is 26.2 Å². The Morgan fingerprint density at radius 1 is 1.41 bits per heavy atom. The van der Waals surface area contributed by atoms with Gasteiger partial charge in [0.2, 0.25) is 5.91 Å². The average Bonchev–Trinajstić information content (AvgIpc) is 2.51. The lowest BCUT2D eigenvalue weighted by molar-refractivity contribution is -0.127. The quantitative estimate of drug-likeness (QED) is 0.805. The van der Waals surface area contributed by atoms with E-state index in [2.05, 4.69) is 10.6 Å². The smallest absolute Gasteiger partial charge is 0.318 e. The van der Waals surface area contributed by atoms with Crippen LogP contribution in [-0.2, 0) is 9.53 Å². The van der Waals surface area contributed by atoms with Crippen molar-refractivity contribution in [1.82, 2.24) is 15.5 Å². The van der Waals surface area contributed by atoms with Crippen LogP contribution in [0.3, 0.4) is 0 Å². The fourth-order valence-electron chi connectivity index (χ4n) is 2.41. The highest BCUT2D eigenvalue weighted by molar-refractivity contribution is 5.89. The van der Waals surface area contributed by atoms with Gasteiger partial charge in [-0.2, -0.15) is 0 Å². The van der Waals surface area contributed by atoms with E-state index in [1.807, 2.05) is 44.2 Å². The van der Waals surface area contributed by atoms with Crippen molar-refractivity contribution in [3.8, 4) is 0 Å². The maximum absolute atomic E-state index is 12.4. The summed E-state index contributed by atoms with van der Waals surface area (Å²) in [5, 5.41) is 5.62. The molecule has 2 rings (SSSR count). The largest absolute Gasteiger partial charge is 0.377 e. The molecule has 3 amide bonds. The summed E-state index contributed by atoms with van der Waals surface area (Å²) in [5.74, 6) is -0.147. The van der Waals surface area contributed by atoms with Crippen molar-refractivity contribution in [3.05, 3.63) is 35.9 Å². The number of ether oxygens (including phenoxy) is 1. The number of urea groups is 1. The van der Waals surface area contributed by atoms with E-state index >= 15 is 0 Å². The Balaban J connectivity index is 2.00. The molecule has 120 valence electrons. The van der Waals surface area contributed by atoms with Crippen LogP contribution < -0.4 is 10.6 Å². The van der Waals surface area contributed by atoms with E-state index in [0.29, 0.717) is 26.2 Å². The molecule has 1 aromatic carbocycles. The van der Waals surface area contributed by atoms with E-state index in [1.165, 1.54) is 0 Å². The van der Waals surface area contributed by atoms with Crippen LogP contribution in [0.25, 0.3) is 0 Å². The van der Waals surface area contributed by atoms with Crippen LogP contribution in [0.5, 0.6) is 0 Å². The highest BCUT2D eigenvalue weighted by Crippen LogP contribution is 2.22. The molecule has 0 aliphatic carbocycles. The van der Waals surface area contributed by atoms with Gasteiger partial charge in [-0.05, 0) is 19.4 Å². The molecule has 22 heavy (non-hydrogen) atoms. The van der Waals surface area contributed by atoms with Gasteiger partial charge in [-0.25, -0.2) is 4.79 Å². The predicted octanol–water partition coefficient (Wildman–Crippen LogP) is 1.29. The minimum atomic E-state index is -0.582. The molecule has 0 radical (unpaired) electrons. The second-order valence-electron chi connectivity index (χ2n) is 5.45. The van der Waals surface area contributed by atoms with Crippen molar-refractivity contribution < 1.29 is 14.3 Å². The monoisotopic (exact) mass is 305 g/mol. The molecule has 6 heteroatoms. The fraction of sp³-hybridized carbons (Fsp3) is 0.500. The molecule has 1 aliphatic heterocycles.